The lowest BCUT2D eigenvalue weighted by Gasteiger charge is -2.24. The highest BCUT2D eigenvalue weighted by atomic mass is 31.2. The summed E-state index contributed by atoms with van der Waals surface area (Å²) in [6.07, 6.45) is 33.9. The van der Waals surface area contributed by atoms with Gasteiger partial charge in [-0.2, -0.15) is 0 Å². The van der Waals surface area contributed by atoms with Crippen molar-refractivity contribution in [3.63, 3.8) is 0 Å². The van der Waals surface area contributed by atoms with Gasteiger partial charge in [0.1, 0.15) is 19.8 Å². The molecule has 0 aliphatic rings. The van der Waals surface area contributed by atoms with E-state index in [1.807, 2.05) is 21.1 Å². The van der Waals surface area contributed by atoms with Gasteiger partial charge in [0.15, 0.2) is 6.10 Å². The molecule has 0 rings (SSSR count). The Morgan fingerprint density at radius 3 is 1.47 bits per heavy atom. The number of carbonyl (C=O) groups excluding carboxylic acids is 2. The van der Waals surface area contributed by atoms with Crippen LogP contribution in [0.25, 0.3) is 0 Å². The molecule has 0 amide bonds. The molecule has 0 aromatic heterocycles. The van der Waals surface area contributed by atoms with Gasteiger partial charge >= 0.3 is 19.8 Å². The van der Waals surface area contributed by atoms with E-state index in [1.54, 1.807) is 0 Å². The number of hydrogen-bond donors (Lipinski definition) is 1. The number of ether oxygens (including phenoxy) is 2. The molecular weight excluding hydrogens is 665 g/mol. The largest absolute Gasteiger partial charge is 0.472 e. The third kappa shape index (κ3) is 38.3. The Morgan fingerprint density at radius 2 is 1.00 bits per heavy atom. The minimum absolute atomic E-state index is 0.0330. The lowest BCUT2D eigenvalue weighted by atomic mass is 10.0. The summed E-state index contributed by atoms with van der Waals surface area (Å²) >= 11 is 0. The minimum atomic E-state index is -4.37. The molecule has 0 fully saturated rings. The number of quaternary nitrogens is 1. The molecule has 10 heteroatoms. The number of carbonyl (C=O) groups is 2. The first-order valence-electron chi connectivity index (χ1n) is 20.9. The lowest BCUT2D eigenvalue weighted by molar-refractivity contribution is -0.870. The summed E-state index contributed by atoms with van der Waals surface area (Å²) in [7, 11) is 1.48. The number of likely N-dealkylation sites (N-methyl/N-ethyl adjacent to an activating group) is 1. The maximum absolute atomic E-state index is 12.6. The molecule has 302 valence electrons. The molecule has 0 radical (unpaired) electrons. The summed E-state index contributed by atoms with van der Waals surface area (Å²) in [4.78, 5) is 35.2. The van der Waals surface area contributed by atoms with Crippen LogP contribution in [0.15, 0.2) is 12.2 Å². The average molecular weight is 747 g/mol. The van der Waals surface area contributed by atoms with Crippen molar-refractivity contribution >= 4 is 19.8 Å². The Hall–Kier alpha value is -1.25. The van der Waals surface area contributed by atoms with Crippen LogP contribution in [0.2, 0.25) is 0 Å². The normalized spacial score (nSPS) is 13.8. The van der Waals surface area contributed by atoms with Crippen molar-refractivity contribution in [2.45, 2.75) is 193 Å². The van der Waals surface area contributed by atoms with Gasteiger partial charge in [0.25, 0.3) is 0 Å². The first-order chi connectivity index (χ1) is 24.5. The predicted octanol–water partition coefficient (Wildman–Crippen LogP) is 11.4. The molecule has 0 aromatic rings. The Labute approximate surface area is 314 Å². The Kier molecular flexibility index (Phi) is 33.7. The van der Waals surface area contributed by atoms with Crippen LogP contribution in [0, 0.1) is 0 Å². The maximum atomic E-state index is 12.6. The van der Waals surface area contributed by atoms with E-state index in [0.717, 1.165) is 51.4 Å². The van der Waals surface area contributed by atoms with Crippen LogP contribution in [-0.4, -0.2) is 74.9 Å². The molecule has 0 saturated heterocycles. The summed E-state index contributed by atoms with van der Waals surface area (Å²) in [5.41, 5.74) is 0. The fourth-order valence-corrected chi connectivity index (χ4v) is 6.46. The van der Waals surface area contributed by atoms with E-state index >= 15 is 0 Å². The first kappa shape index (κ1) is 49.8. The van der Waals surface area contributed by atoms with Gasteiger partial charge in [0, 0.05) is 12.8 Å². The van der Waals surface area contributed by atoms with Crippen molar-refractivity contribution in [3.8, 4) is 0 Å². The van der Waals surface area contributed by atoms with Gasteiger partial charge in [-0.15, -0.1) is 0 Å². The summed E-state index contributed by atoms with van der Waals surface area (Å²) in [6, 6.07) is 0. The molecule has 0 saturated carbocycles. The van der Waals surface area contributed by atoms with E-state index in [0.29, 0.717) is 23.9 Å². The Morgan fingerprint density at radius 1 is 0.588 bits per heavy atom. The number of rotatable bonds is 38. The molecule has 0 aromatic carbocycles. The Balaban J connectivity index is 4.38. The van der Waals surface area contributed by atoms with Crippen LogP contribution >= 0.6 is 7.82 Å². The first-order valence-corrected chi connectivity index (χ1v) is 22.4. The highest BCUT2D eigenvalue weighted by molar-refractivity contribution is 7.47. The lowest BCUT2D eigenvalue weighted by Crippen LogP contribution is -2.37. The van der Waals surface area contributed by atoms with Crippen LogP contribution in [0.5, 0.6) is 0 Å². The zero-order valence-electron chi connectivity index (χ0n) is 33.9. The molecule has 1 unspecified atom stereocenters. The monoisotopic (exact) mass is 747 g/mol. The molecule has 0 bridgehead atoms. The summed E-state index contributed by atoms with van der Waals surface area (Å²) in [6.45, 7) is 4.41. The molecule has 0 spiro atoms. The maximum Gasteiger partial charge on any atom is 0.472 e. The van der Waals surface area contributed by atoms with Crippen molar-refractivity contribution in [2.75, 3.05) is 47.5 Å². The molecule has 0 aliphatic carbocycles. The molecule has 51 heavy (non-hydrogen) atoms. The number of phosphoric ester groups is 1. The van der Waals surface area contributed by atoms with Gasteiger partial charge in [0.2, 0.25) is 0 Å². The van der Waals surface area contributed by atoms with Gasteiger partial charge in [-0.1, -0.05) is 148 Å². The zero-order valence-corrected chi connectivity index (χ0v) is 34.7. The molecule has 2 atom stereocenters. The van der Waals surface area contributed by atoms with Crippen LogP contribution in [0.1, 0.15) is 187 Å². The van der Waals surface area contributed by atoms with E-state index in [2.05, 4.69) is 26.0 Å². The number of hydrogen-bond acceptors (Lipinski definition) is 7. The molecule has 0 aliphatic heterocycles. The van der Waals surface area contributed by atoms with E-state index in [9.17, 15) is 19.0 Å². The van der Waals surface area contributed by atoms with E-state index < -0.39 is 26.5 Å². The van der Waals surface area contributed by atoms with Crippen molar-refractivity contribution in [1.29, 1.82) is 0 Å². The van der Waals surface area contributed by atoms with E-state index in [-0.39, 0.29) is 25.6 Å². The van der Waals surface area contributed by atoms with Gasteiger partial charge < -0.3 is 18.9 Å². The van der Waals surface area contributed by atoms with Gasteiger partial charge in [-0.3, -0.25) is 18.6 Å². The van der Waals surface area contributed by atoms with Gasteiger partial charge in [0.05, 0.1) is 27.7 Å². The highest BCUT2D eigenvalue weighted by Crippen LogP contribution is 2.43. The topological polar surface area (TPSA) is 108 Å². The van der Waals surface area contributed by atoms with Crippen molar-refractivity contribution in [1.82, 2.24) is 0 Å². The van der Waals surface area contributed by atoms with Crippen molar-refractivity contribution < 1.29 is 42.1 Å². The second-order valence-corrected chi connectivity index (χ2v) is 16.8. The average Bonchev–Trinajstić information content (AvgIpc) is 3.07. The Bertz CT molecular complexity index is 891. The summed E-state index contributed by atoms with van der Waals surface area (Å²) < 4.78 is 34.2. The quantitative estimate of drug-likeness (QED) is 0.0219. The van der Waals surface area contributed by atoms with Gasteiger partial charge in [-0.05, 0) is 38.5 Å². The third-order valence-corrected chi connectivity index (χ3v) is 10.0. The standard InChI is InChI=1S/C41H80NO8P/c1-6-8-10-12-14-16-18-20-22-23-25-27-29-31-33-40(43)47-37-39(38-49-51(45,46)48-36-35-42(3,4)5)50-41(44)34-32-30-28-26-24-21-19-17-15-13-11-9-7-2/h17,19,39H,6-16,18,20-38H2,1-5H3/p+1/b19-17+/t39-/m1/s1. The molecule has 0 heterocycles. The van der Waals surface area contributed by atoms with Crippen LogP contribution in [0.4, 0.5) is 0 Å². The second-order valence-electron chi connectivity index (χ2n) is 15.4. The molecule has 1 N–H and O–H groups in total. The number of phosphoric acid groups is 1. The van der Waals surface area contributed by atoms with Gasteiger partial charge in [-0.25, -0.2) is 4.57 Å². The highest BCUT2D eigenvalue weighted by Gasteiger charge is 2.27. The zero-order chi connectivity index (χ0) is 37.9. The van der Waals surface area contributed by atoms with Crippen LogP contribution < -0.4 is 0 Å². The second kappa shape index (κ2) is 34.5. The van der Waals surface area contributed by atoms with E-state index in [1.165, 1.54) is 103 Å². The number of unbranched alkanes of at least 4 members (excludes halogenated alkanes) is 22. The number of esters is 2. The third-order valence-electron chi connectivity index (χ3n) is 9.05. The molecule has 9 nitrogen and oxygen atoms in total. The van der Waals surface area contributed by atoms with E-state index in [4.69, 9.17) is 18.5 Å². The minimum Gasteiger partial charge on any atom is -0.462 e. The smallest absolute Gasteiger partial charge is 0.462 e. The predicted molar refractivity (Wildman–Crippen MR) is 211 cm³/mol. The van der Waals surface area contributed by atoms with Crippen LogP contribution in [-0.2, 0) is 32.7 Å². The SMILES string of the molecule is CCCCCC/C=C/CCCCCCCC(=O)O[C@H](COC(=O)CCCCCCCCCCCCCCCC)COP(=O)(O)OCC[N+](C)(C)C. The fourth-order valence-electron chi connectivity index (χ4n) is 5.71. The van der Waals surface area contributed by atoms with Crippen molar-refractivity contribution in [2.24, 2.45) is 0 Å². The number of allylic oxidation sites excluding steroid dienone is 2. The number of nitrogens with zero attached hydrogens (tertiary/aromatic N) is 1. The van der Waals surface area contributed by atoms with Crippen LogP contribution in [0.3, 0.4) is 0 Å². The summed E-state index contributed by atoms with van der Waals surface area (Å²) in [5, 5.41) is 0. The summed E-state index contributed by atoms with van der Waals surface area (Å²) in [5.74, 6) is -0.802. The van der Waals surface area contributed by atoms with Crippen molar-refractivity contribution in [3.05, 3.63) is 12.2 Å². The molecular formula is C41H81NO8P+. The fraction of sp³-hybridized carbons (Fsp3) is 0.902.